The molecule has 0 aromatic heterocycles. The normalized spacial score (nSPS) is 17.9. The third-order valence-electron chi connectivity index (χ3n) is 5.15. The maximum absolute atomic E-state index is 12.7. The second-order valence-electron chi connectivity index (χ2n) is 7.06. The molecule has 1 N–H and O–H groups in total. The summed E-state index contributed by atoms with van der Waals surface area (Å²) in [6.45, 7) is 1.92. The molecule has 0 amide bonds. The SMILES string of the molecule is Cc1ccc(S(=O)(=O)N/N=C2\c3ccccc3CCC2c2ccccc2)cc1. The van der Waals surface area contributed by atoms with Gasteiger partial charge in [-0.15, -0.1) is 0 Å². The van der Waals surface area contributed by atoms with Crippen LogP contribution in [0, 0.1) is 6.92 Å². The fourth-order valence-electron chi connectivity index (χ4n) is 3.64. The number of aryl methyl sites for hydroxylation is 2. The minimum atomic E-state index is -3.72. The van der Waals surface area contributed by atoms with Gasteiger partial charge in [0.1, 0.15) is 0 Å². The molecule has 0 spiro atoms. The van der Waals surface area contributed by atoms with Gasteiger partial charge in [0.25, 0.3) is 10.0 Å². The summed E-state index contributed by atoms with van der Waals surface area (Å²) < 4.78 is 25.4. The first-order valence-electron chi connectivity index (χ1n) is 9.34. The fourth-order valence-corrected chi connectivity index (χ4v) is 4.46. The minimum absolute atomic E-state index is 0.0526. The van der Waals surface area contributed by atoms with Crippen LogP contribution in [0.3, 0.4) is 0 Å². The van der Waals surface area contributed by atoms with Crippen molar-refractivity contribution in [1.82, 2.24) is 4.83 Å². The van der Waals surface area contributed by atoms with Crippen molar-refractivity contribution in [2.75, 3.05) is 0 Å². The van der Waals surface area contributed by atoms with Crippen LogP contribution in [0.4, 0.5) is 0 Å². The molecule has 0 heterocycles. The van der Waals surface area contributed by atoms with Crippen molar-refractivity contribution in [3.63, 3.8) is 0 Å². The first-order valence-corrected chi connectivity index (χ1v) is 10.8. The number of nitrogens with one attached hydrogen (secondary N) is 1. The Labute approximate surface area is 166 Å². The molecule has 0 fully saturated rings. The van der Waals surface area contributed by atoms with Crippen molar-refractivity contribution in [3.8, 4) is 0 Å². The Kier molecular flexibility index (Phi) is 5.01. The molecule has 1 aliphatic rings. The van der Waals surface area contributed by atoms with E-state index in [4.69, 9.17) is 0 Å². The lowest BCUT2D eigenvalue weighted by Gasteiger charge is -2.27. The van der Waals surface area contributed by atoms with Gasteiger partial charge in [0.2, 0.25) is 0 Å². The average molecular weight is 391 g/mol. The molecule has 0 radical (unpaired) electrons. The summed E-state index contributed by atoms with van der Waals surface area (Å²) >= 11 is 0. The highest BCUT2D eigenvalue weighted by molar-refractivity contribution is 7.89. The van der Waals surface area contributed by atoms with Gasteiger partial charge in [-0.05, 0) is 43.0 Å². The smallest absolute Gasteiger partial charge is 0.200 e. The van der Waals surface area contributed by atoms with Crippen molar-refractivity contribution < 1.29 is 8.42 Å². The van der Waals surface area contributed by atoms with Crippen LogP contribution in [0.15, 0.2) is 88.9 Å². The van der Waals surface area contributed by atoms with Crippen LogP contribution in [0.2, 0.25) is 0 Å². The van der Waals surface area contributed by atoms with Gasteiger partial charge in [-0.2, -0.15) is 18.4 Å². The molecule has 142 valence electrons. The van der Waals surface area contributed by atoms with Crippen molar-refractivity contribution in [2.24, 2.45) is 5.10 Å². The Bertz CT molecular complexity index is 1100. The Morgan fingerprint density at radius 1 is 0.893 bits per heavy atom. The van der Waals surface area contributed by atoms with E-state index < -0.39 is 10.0 Å². The zero-order valence-electron chi connectivity index (χ0n) is 15.7. The van der Waals surface area contributed by atoms with Gasteiger partial charge in [-0.25, -0.2) is 0 Å². The molecule has 4 nitrogen and oxygen atoms in total. The van der Waals surface area contributed by atoms with Crippen LogP contribution < -0.4 is 4.83 Å². The molecule has 0 aliphatic heterocycles. The quantitative estimate of drug-likeness (QED) is 0.671. The highest BCUT2D eigenvalue weighted by Crippen LogP contribution is 2.33. The largest absolute Gasteiger partial charge is 0.276 e. The van der Waals surface area contributed by atoms with E-state index in [1.807, 2.05) is 43.3 Å². The molecule has 0 saturated heterocycles. The summed E-state index contributed by atoms with van der Waals surface area (Å²) in [4.78, 5) is 2.68. The highest BCUT2D eigenvalue weighted by Gasteiger charge is 2.27. The minimum Gasteiger partial charge on any atom is -0.200 e. The lowest BCUT2D eigenvalue weighted by Crippen LogP contribution is -2.27. The van der Waals surface area contributed by atoms with Crippen LogP contribution in [0.1, 0.15) is 34.6 Å². The third-order valence-corrected chi connectivity index (χ3v) is 6.37. The van der Waals surface area contributed by atoms with Crippen LogP contribution in [-0.4, -0.2) is 14.1 Å². The van der Waals surface area contributed by atoms with Gasteiger partial charge in [-0.3, -0.25) is 0 Å². The van der Waals surface area contributed by atoms with E-state index in [1.54, 1.807) is 24.3 Å². The van der Waals surface area contributed by atoms with E-state index in [9.17, 15) is 8.42 Å². The molecule has 0 saturated carbocycles. The van der Waals surface area contributed by atoms with Crippen LogP contribution in [0.5, 0.6) is 0 Å². The highest BCUT2D eigenvalue weighted by atomic mass is 32.2. The summed E-state index contributed by atoms with van der Waals surface area (Å²) in [6.07, 6.45) is 1.84. The van der Waals surface area contributed by atoms with Crippen LogP contribution in [0.25, 0.3) is 0 Å². The summed E-state index contributed by atoms with van der Waals surface area (Å²) in [6, 6.07) is 25.0. The Morgan fingerprint density at radius 3 is 2.32 bits per heavy atom. The molecule has 1 atom stereocenters. The second-order valence-corrected chi connectivity index (χ2v) is 8.72. The molecule has 0 bridgehead atoms. The monoisotopic (exact) mass is 390 g/mol. The lowest BCUT2D eigenvalue weighted by atomic mass is 9.78. The van der Waals surface area contributed by atoms with Crippen LogP contribution in [-0.2, 0) is 16.4 Å². The number of hydrogen-bond acceptors (Lipinski definition) is 3. The van der Waals surface area contributed by atoms with Gasteiger partial charge in [-0.1, -0.05) is 72.3 Å². The number of hydrogen-bond donors (Lipinski definition) is 1. The molecule has 3 aromatic rings. The standard InChI is InChI=1S/C23H22N2O2S/c1-17-11-14-20(15-12-17)28(26,27)25-24-23-21-10-6-5-9-19(21)13-16-22(23)18-7-3-2-4-8-18/h2-12,14-15,22,25H,13,16H2,1H3/b24-23+. The number of fused-ring (bicyclic) bond motifs is 1. The van der Waals surface area contributed by atoms with Crippen molar-refractivity contribution in [2.45, 2.75) is 30.6 Å². The Balaban J connectivity index is 1.73. The molecule has 3 aromatic carbocycles. The maximum Gasteiger partial charge on any atom is 0.276 e. The van der Waals surface area contributed by atoms with Crippen molar-refractivity contribution in [1.29, 1.82) is 0 Å². The van der Waals surface area contributed by atoms with E-state index in [-0.39, 0.29) is 10.8 Å². The topological polar surface area (TPSA) is 58.5 Å². The number of nitrogens with zero attached hydrogens (tertiary/aromatic N) is 1. The van der Waals surface area contributed by atoms with Crippen molar-refractivity contribution in [3.05, 3.63) is 101 Å². The van der Waals surface area contributed by atoms with E-state index >= 15 is 0 Å². The summed E-state index contributed by atoms with van der Waals surface area (Å²) in [5, 5.41) is 4.43. The van der Waals surface area contributed by atoms with Gasteiger partial charge in [0.05, 0.1) is 10.6 Å². The van der Waals surface area contributed by atoms with E-state index in [0.29, 0.717) is 0 Å². The molecule has 28 heavy (non-hydrogen) atoms. The molecule has 1 unspecified atom stereocenters. The second kappa shape index (κ2) is 7.60. The van der Waals surface area contributed by atoms with Gasteiger partial charge >= 0.3 is 0 Å². The average Bonchev–Trinajstić information content (AvgIpc) is 2.73. The van der Waals surface area contributed by atoms with E-state index in [2.05, 4.69) is 28.1 Å². The number of benzene rings is 3. The molecule has 5 heteroatoms. The molecule has 4 rings (SSSR count). The zero-order chi connectivity index (χ0) is 19.6. The first kappa shape index (κ1) is 18.4. The molecule has 1 aliphatic carbocycles. The van der Waals surface area contributed by atoms with Gasteiger partial charge < -0.3 is 0 Å². The third kappa shape index (κ3) is 3.71. The molecular weight excluding hydrogens is 368 g/mol. The molecular formula is C23H22N2O2S. The number of hydrazone groups is 1. The summed E-state index contributed by atoms with van der Waals surface area (Å²) in [5.74, 6) is 0.0526. The fraction of sp³-hybridized carbons (Fsp3) is 0.174. The Hall–Kier alpha value is -2.92. The zero-order valence-corrected chi connectivity index (χ0v) is 16.5. The summed E-state index contributed by atoms with van der Waals surface area (Å²) in [7, 11) is -3.72. The predicted octanol–water partition coefficient (Wildman–Crippen LogP) is 4.41. The first-order chi connectivity index (χ1) is 13.5. The maximum atomic E-state index is 12.7. The van der Waals surface area contributed by atoms with E-state index in [1.165, 1.54) is 5.56 Å². The predicted molar refractivity (Wildman–Crippen MR) is 112 cm³/mol. The van der Waals surface area contributed by atoms with Gasteiger partial charge in [0.15, 0.2) is 0 Å². The number of rotatable bonds is 4. The summed E-state index contributed by atoms with van der Waals surface area (Å²) in [5.41, 5.74) is 5.13. The van der Waals surface area contributed by atoms with E-state index in [0.717, 1.165) is 35.2 Å². The Morgan fingerprint density at radius 2 is 1.57 bits per heavy atom. The lowest BCUT2D eigenvalue weighted by molar-refractivity contribution is 0.584. The van der Waals surface area contributed by atoms with Crippen molar-refractivity contribution >= 4 is 15.7 Å². The van der Waals surface area contributed by atoms with Gasteiger partial charge in [0, 0.05) is 11.5 Å². The van der Waals surface area contributed by atoms with Crippen LogP contribution >= 0.6 is 0 Å². The number of sulfonamides is 1.